The van der Waals surface area contributed by atoms with Crippen LogP contribution in [0.3, 0.4) is 0 Å². The summed E-state index contributed by atoms with van der Waals surface area (Å²) >= 11 is 3.11. The van der Waals surface area contributed by atoms with Gasteiger partial charge in [-0.1, -0.05) is 6.07 Å². The van der Waals surface area contributed by atoms with Crippen LogP contribution in [-0.4, -0.2) is 35.1 Å². The highest BCUT2D eigenvalue weighted by atomic mass is 79.9. The number of rotatable bonds is 5. The molecule has 3 nitrogen and oxygen atoms in total. The van der Waals surface area contributed by atoms with Crippen LogP contribution in [0.1, 0.15) is 18.4 Å². The van der Waals surface area contributed by atoms with E-state index in [1.165, 1.54) is 6.07 Å². The first-order chi connectivity index (χ1) is 8.61. The number of aliphatic hydroxyl groups is 1. The van der Waals surface area contributed by atoms with E-state index in [0.29, 0.717) is 11.0 Å². The summed E-state index contributed by atoms with van der Waals surface area (Å²) in [5, 5.41) is 8.96. The van der Waals surface area contributed by atoms with Crippen molar-refractivity contribution in [3.8, 4) is 0 Å². The molecule has 1 N–H and O–H groups in total. The Kier molecular flexibility index (Phi) is 4.35. The molecular weight excluding hydrogens is 301 g/mol. The molecular formula is C13H15BrFNO2. The first-order valence-electron chi connectivity index (χ1n) is 5.96. The van der Waals surface area contributed by atoms with Gasteiger partial charge in [-0.15, -0.1) is 0 Å². The molecule has 0 spiro atoms. The van der Waals surface area contributed by atoms with E-state index in [1.54, 1.807) is 17.0 Å². The van der Waals surface area contributed by atoms with Crippen LogP contribution in [0.5, 0.6) is 0 Å². The van der Waals surface area contributed by atoms with Gasteiger partial charge in [0.15, 0.2) is 0 Å². The molecule has 1 aliphatic carbocycles. The van der Waals surface area contributed by atoms with Crippen LogP contribution in [0.4, 0.5) is 4.39 Å². The number of hydrogen-bond donors (Lipinski definition) is 1. The van der Waals surface area contributed by atoms with Crippen molar-refractivity contribution in [2.24, 2.45) is 0 Å². The second kappa shape index (κ2) is 5.80. The van der Waals surface area contributed by atoms with Crippen molar-refractivity contribution in [1.82, 2.24) is 4.90 Å². The maximum absolute atomic E-state index is 13.1. The summed E-state index contributed by atoms with van der Waals surface area (Å²) in [5.41, 5.74) is 0.775. The minimum Gasteiger partial charge on any atom is -0.395 e. The van der Waals surface area contributed by atoms with Gasteiger partial charge in [-0.05, 0) is 46.5 Å². The van der Waals surface area contributed by atoms with Crippen LogP contribution in [-0.2, 0) is 11.2 Å². The molecule has 0 aliphatic heterocycles. The van der Waals surface area contributed by atoms with E-state index in [1.807, 2.05) is 0 Å². The Bertz CT molecular complexity index is 449. The fourth-order valence-electron chi connectivity index (χ4n) is 1.93. The molecule has 1 fully saturated rings. The zero-order valence-electron chi connectivity index (χ0n) is 9.90. The van der Waals surface area contributed by atoms with Crippen LogP contribution in [0.2, 0.25) is 0 Å². The topological polar surface area (TPSA) is 40.5 Å². The number of amides is 1. The molecule has 0 unspecified atom stereocenters. The zero-order valence-corrected chi connectivity index (χ0v) is 11.5. The summed E-state index contributed by atoms with van der Waals surface area (Å²) in [4.78, 5) is 13.8. The summed E-state index contributed by atoms with van der Waals surface area (Å²) in [6, 6.07) is 4.87. The van der Waals surface area contributed by atoms with Gasteiger partial charge in [0.25, 0.3) is 0 Å². The second-order valence-corrected chi connectivity index (χ2v) is 5.32. The van der Waals surface area contributed by atoms with Crippen LogP contribution in [0.25, 0.3) is 0 Å². The van der Waals surface area contributed by atoms with E-state index in [4.69, 9.17) is 5.11 Å². The zero-order chi connectivity index (χ0) is 13.1. The molecule has 1 aromatic rings. The lowest BCUT2D eigenvalue weighted by Gasteiger charge is -2.21. The van der Waals surface area contributed by atoms with Crippen LogP contribution in [0, 0.1) is 5.82 Å². The van der Waals surface area contributed by atoms with Gasteiger partial charge in [0.1, 0.15) is 5.82 Å². The number of halogens is 2. The average molecular weight is 316 g/mol. The largest absolute Gasteiger partial charge is 0.395 e. The highest BCUT2D eigenvalue weighted by Gasteiger charge is 2.31. The molecule has 2 rings (SSSR count). The molecule has 0 heterocycles. The maximum Gasteiger partial charge on any atom is 0.227 e. The number of benzene rings is 1. The van der Waals surface area contributed by atoms with Crippen molar-refractivity contribution in [3.05, 3.63) is 34.1 Å². The van der Waals surface area contributed by atoms with Crippen molar-refractivity contribution in [1.29, 1.82) is 0 Å². The van der Waals surface area contributed by atoms with Gasteiger partial charge in [-0.2, -0.15) is 0 Å². The monoisotopic (exact) mass is 315 g/mol. The third-order valence-electron chi connectivity index (χ3n) is 2.99. The van der Waals surface area contributed by atoms with Gasteiger partial charge in [0, 0.05) is 12.6 Å². The van der Waals surface area contributed by atoms with E-state index >= 15 is 0 Å². The number of carbonyl (C=O) groups is 1. The standard InChI is InChI=1S/C13H15BrFNO2/c14-11-7-9(1-4-12(11)15)8-13(18)16(5-6-17)10-2-3-10/h1,4,7,10,17H,2-3,5-6,8H2. The smallest absolute Gasteiger partial charge is 0.227 e. The summed E-state index contributed by atoms with van der Waals surface area (Å²) < 4.78 is 13.4. The lowest BCUT2D eigenvalue weighted by atomic mass is 10.1. The number of nitrogens with zero attached hydrogens (tertiary/aromatic N) is 1. The second-order valence-electron chi connectivity index (χ2n) is 4.47. The Hall–Kier alpha value is -0.940. The highest BCUT2D eigenvalue weighted by molar-refractivity contribution is 9.10. The fraction of sp³-hybridized carbons (Fsp3) is 0.462. The van der Waals surface area contributed by atoms with E-state index in [2.05, 4.69) is 15.9 Å². The molecule has 0 bridgehead atoms. The molecule has 1 aromatic carbocycles. The van der Waals surface area contributed by atoms with Gasteiger partial charge < -0.3 is 10.0 Å². The van der Waals surface area contributed by atoms with Gasteiger partial charge in [-0.3, -0.25) is 4.79 Å². The predicted octanol–water partition coefficient (Wildman–Crippen LogP) is 2.11. The van der Waals surface area contributed by atoms with Gasteiger partial charge in [-0.25, -0.2) is 4.39 Å². The van der Waals surface area contributed by atoms with E-state index in [0.717, 1.165) is 18.4 Å². The van der Waals surface area contributed by atoms with Crippen molar-refractivity contribution in [2.75, 3.05) is 13.2 Å². The molecule has 0 saturated heterocycles. The normalized spacial score (nSPS) is 14.6. The molecule has 18 heavy (non-hydrogen) atoms. The number of hydrogen-bond acceptors (Lipinski definition) is 2. The van der Waals surface area contributed by atoms with Crippen molar-refractivity contribution in [3.63, 3.8) is 0 Å². The van der Waals surface area contributed by atoms with Crippen molar-refractivity contribution in [2.45, 2.75) is 25.3 Å². The lowest BCUT2D eigenvalue weighted by Crippen LogP contribution is -2.36. The molecule has 1 aliphatic rings. The maximum atomic E-state index is 13.1. The highest BCUT2D eigenvalue weighted by Crippen LogP contribution is 2.27. The Morgan fingerprint density at radius 2 is 2.22 bits per heavy atom. The molecule has 0 aromatic heterocycles. The third kappa shape index (κ3) is 3.29. The van der Waals surface area contributed by atoms with Crippen LogP contribution >= 0.6 is 15.9 Å². The number of carbonyl (C=O) groups excluding carboxylic acids is 1. The summed E-state index contributed by atoms with van der Waals surface area (Å²) in [5.74, 6) is -0.342. The molecule has 0 atom stereocenters. The number of aliphatic hydroxyl groups excluding tert-OH is 1. The Morgan fingerprint density at radius 1 is 1.50 bits per heavy atom. The van der Waals surface area contributed by atoms with E-state index in [-0.39, 0.29) is 30.8 Å². The molecule has 1 amide bonds. The van der Waals surface area contributed by atoms with Crippen molar-refractivity contribution < 1.29 is 14.3 Å². The first kappa shape index (κ1) is 13.5. The van der Waals surface area contributed by atoms with Crippen molar-refractivity contribution >= 4 is 21.8 Å². The molecule has 1 saturated carbocycles. The minimum absolute atomic E-state index is 0.00921. The molecule has 5 heteroatoms. The van der Waals surface area contributed by atoms with Crippen LogP contribution in [0.15, 0.2) is 22.7 Å². The quantitative estimate of drug-likeness (QED) is 0.904. The minimum atomic E-state index is -0.333. The Balaban J connectivity index is 2.02. The van der Waals surface area contributed by atoms with E-state index < -0.39 is 0 Å². The average Bonchev–Trinajstić information content (AvgIpc) is 3.15. The van der Waals surface area contributed by atoms with E-state index in [9.17, 15) is 9.18 Å². The summed E-state index contributed by atoms with van der Waals surface area (Å²) in [6.45, 7) is 0.362. The van der Waals surface area contributed by atoms with Crippen LogP contribution < -0.4 is 0 Å². The first-order valence-corrected chi connectivity index (χ1v) is 6.75. The SMILES string of the molecule is O=C(Cc1ccc(F)c(Br)c1)N(CCO)C1CC1. The Morgan fingerprint density at radius 3 is 2.78 bits per heavy atom. The lowest BCUT2D eigenvalue weighted by molar-refractivity contribution is -0.131. The third-order valence-corrected chi connectivity index (χ3v) is 3.60. The predicted molar refractivity (Wildman–Crippen MR) is 69.6 cm³/mol. The van der Waals surface area contributed by atoms with Gasteiger partial charge in [0.2, 0.25) is 5.91 Å². The molecule has 0 radical (unpaired) electrons. The fourth-order valence-corrected chi connectivity index (χ4v) is 2.36. The summed E-state index contributed by atoms with van der Waals surface area (Å²) in [7, 11) is 0. The Labute approximate surface area is 114 Å². The summed E-state index contributed by atoms with van der Waals surface area (Å²) in [6.07, 6.45) is 2.27. The molecule has 98 valence electrons. The van der Waals surface area contributed by atoms with Gasteiger partial charge >= 0.3 is 0 Å². The van der Waals surface area contributed by atoms with Gasteiger partial charge in [0.05, 0.1) is 17.5 Å².